The monoisotopic (exact) mass is 198 g/mol. The van der Waals surface area contributed by atoms with Crippen LogP contribution in [-0.4, -0.2) is 17.2 Å². The predicted octanol–water partition coefficient (Wildman–Crippen LogP) is 1.82. The Labute approximate surface area is 81.1 Å². The molecule has 0 spiro atoms. The van der Waals surface area contributed by atoms with Crippen LogP contribution < -0.4 is 0 Å². The number of ether oxygens (including phenoxy) is 1. The van der Waals surface area contributed by atoms with Crippen LogP contribution in [0.15, 0.2) is 24.3 Å². The van der Waals surface area contributed by atoms with Gasteiger partial charge < -0.3 is 9.84 Å². The van der Waals surface area contributed by atoms with Crippen LogP contribution in [-0.2, 0) is 16.1 Å². The van der Waals surface area contributed by atoms with Crippen molar-refractivity contribution < 1.29 is 19.0 Å². The van der Waals surface area contributed by atoms with E-state index in [9.17, 15) is 9.18 Å². The van der Waals surface area contributed by atoms with Gasteiger partial charge in [-0.1, -0.05) is 12.1 Å². The summed E-state index contributed by atoms with van der Waals surface area (Å²) in [6.45, 7) is 1.53. The molecule has 0 aliphatic heterocycles. The van der Waals surface area contributed by atoms with Gasteiger partial charge in [0.1, 0.15) is 5.82 Å². The molecule has 0 heterocycles. The van der Waals surface area contributed by atoms with E-state index in [1.165, 1.54) is 19.1 Å². The van der Waals surface area contributed by atoms with E-state index in [4.69, 9.17) is 9.84 Å². The van der Waals surface area contributed by atoms with Crippen molar-refractivity contribution >= 4 is 5.97 Å². The maximum Gasteiger partial charge on any atom is 0.332 e. The van der Waals surface area contributed by atoms with Gasteiger partial charge in [0.05, 0.1) is 6.61 Å². The first-order valence-electron chi connectivity index (χ1n) is 4.18. The summed E-state index contributed by atoms with van der Waals surface area (Å²) in [7, 11) is 0. The molecule has 1 aromatic carbocycles. The van der Waals surface area contributed by atoms with E-state index in [0.29, 0.717) is 5.56 Å². The van der Waals surface area contributed by atoms with Crippen LogP contribution in [0.5, 0.6) is 0 Å². The summed E-state index contributed by atoms with van der Waals surface area (Å²) in [4.78, 5) is 10.4. The molecule has 0 saturated heterocycles. The molecule has 1 rings (SSSR count). The zero-order chi connectivity index (χ0) is 10.6. The van der Waals surface area contributed by atoms with Crippen LogP contribution in [0.4, 0.5) is 4.39 Å². The average Bonchev–Trinajstić information content (AvgIpc) is 2.14. The van der Waals surface area contributed by atoms with E-state index in [0.717, 1.165) is 0 Å². The lowest BCUT2D eigenvalue weighted by molar-refractivity contribution is -0.149. The number of aliphatic carboxylic acids is 1. The SMILES string of the molecule is C[C@H](OCc1cccc(F)c1)C(=O)O. The number of benzene rings is 1. The van der Waals surface area contributed by atoms with Gasteiger partial charge in [-0.05, 0) is 24.6 Å². The Morgan fingerprint density at radius 3 is 2.93 bits per heavy atom. The van der Waals surface area contributed by atoms with Gasteiger partial charge >= 0.3 is 5.97 Å². The number of carboxylic acid groups (broad SMARTS) is 1. The number of rotatable bonds is 4. The van der Waals surface area contributed by atoms with Gasteiger partial charge in [-0.3, -0.25) is 0 Å². The number of halogens is 1. The Morgan fingerprint density at radius 1 is 1.64 bits per heavy atom. The van der Waals surface area contributed by atoms with Gasteiger partial charge in [-0.25, -0.2) is 9.18 Å². The molecule has 0 fully saturated rings. The highest BCUT2D eigenvalue weighted by atomic mass is 19.1. The Kier molecular flexibility index (Phi) is 3.59. The highest BCUT2D eigenvalue weighted by Crippen LogP contribution is 2.06. The van der Waals surface area contributed by atoms with Crippen molar-refractivity contribution in [1.29, 1.82) is 0 Å². The minimum absolute atomic E-state index is 0.102. The molecule has 0 bridgehead atoms. The summed E-state index contributed by atoms with van der Waals surface area (Å²) >= 11 is 0. The summed E-state index contributed by atoms with van der Waals surface area (Å²) in [5.41, 5.74) is 0.623. The van der Waals surface area contributed by atoms with Crippen molar-refractivity contribution in [3.8, 4) is 0 Å². The lowest BCUT2D eigenvalue weighted by atomic mass is 10.2. The van der Waals surface area contributed by atoms with E-state index in [1.54, 1.807) is 12.1 Å². The summed E-state index contributed by atoms with van der Waals surface area (Å²) in [5.74, 6) is -1.38. The molecule has 76 valence electrons. The van der Waals surface area contributed by atoms with Crippen LogP contribution in [0, 0.1) is 5.82 Å². The van der Waals surface area contributed by atoms with Gasteiger partial charge in [0.15, 0.2) is 6.10 Å². The molecule has 0 radical (unpaired) electrons. The summed E-state index contributed by atoms with van der Waals surface area (Å²) in [5, 5.41) is 8.52. The van der Waals surface area contributed by atoms with Crippen LogP contribution in [0.25, 0.3) is 0 Å². The second-order valence-electron chi connectivity index (χ2n) is 2.92. The normalized spacial score (nSPS) is 12.4. The van der Waals surface area contributed by atoms with Gasteiger partial charge in [-0.15, -0.1) is 0 Å². The molecular formula is C10H11FO3. The summed E-state index contributed by atoms with van der Waals surface area (Å²) in [6.07, 6.45) is -0.877. The fourth-order valence-electron chi connectivity index (χ4n) is 0.919. The maximum atomic E-state index is 12.7. The molecule has 0 saturated carbocycles. The summed E-state index contributed by atoms with van der Waals surface area (Å²) in [6, 6.07) is 5.87. The van der Waals surface area contributed by atoms with E-state index in [2.05, 4.69) is 0 Å². The van der Waals surface area contributed by atoms with E-state index in [1.807, 2.05) is 0 Å². The predicted molar refractivity (Wildman–Crippen MR) is 48.3 cm³/mol. The largest absolute Gasteiger partial charge is 0.479 e. The van der Waals surface area contributed by atoms with Crippen LogP contribution in [0.1, 0.15) is 12.5 Å². The molecular weight excluding hydrogens is 187 g/mol. The van der Waals surface area contributed by atoms with Crippen LogP contribution in [0.2, 0.25) is 0 Å². The first-order chi connectivity index (χ1) is 6.59. The highest BCUT2D eigenvalue weighted by Gasteiger charge is 2.10. The zero-order valence-corrected chi connectivity index (χ0v) is 7.74. The summed E-state index contributed by atoms with van der Waals surface area (Å²) < 4.78 is 17.7. The second-order valence-corrected chi connectivity index (χ2v) is 2.92. The molecule has 0 aromatic heterocycles. The Hall–Kier alpha value is -1.42. The molecule has 4 heteroatoms. The standard InChI is InChI=1S/C10H11FO3/c1-7(10(12)13)14-6-8-3-2-4-9(11)5-8/h2-5,7H,6H2,1H3,(H,12,13)/t7-/m0/s1. The van der Waals surface area contributed by atoms with Crippen LogP contribution in [0.3, 0.4) is 0 Å². The molecule has 3 nitrogen and oxygen atoms in total. The molecule has 1 N–H and O–H groups in total. The lowest BCUT2D eigenvalue weighted by Crippen LogP contribution is -2.19. The van der Waals surface area contributed by atoms with Crippen molar-refractivity contribution in [2.75, 3.05) is 0 Å². The van der Waals surface area contributed by atoms with Crippen LogP contribution >= 0.6 is 0 Å². The van der Waals surface area contributed by atoms with Crippen molar-refractivity contribution in [3.05, 3.63) is 35.6 Å². The first kappa shape index (κ1) is 10.7. The highest BCUT2D eigenvalue weighted by molar-refractivity contribution is 5.71. The smallest absolute Gasteiger partial charge is 0.332 e. The van der Waals surface area contributed by atoms with Crippen molar-refractivity contribution in [1.82, 2.24) is 0 Å². The van der Waals surface area contributed by atoms with E-state index in [-0.39, 0.29) is 12.4 Å². The third-order valence-electron chi connectivity index (χ3n) is 1.74. The van der Waals surface area contributed by atoms with Crippen molar-refractivity contribution in [2.24, 2.45) is 0 Å². The maximum absolute atomic E-state index is 12.7. The molecule has 0 aliphatic carbocycles. The molecule has 0 unspecified atom stereocenters. The third-order valence-corrected chi connectivity index (χ3v) is 1.74. The third kappa shape index (κ3) is 3.14. The average molecular weight is 198 g/mol. The minimum Gasteiger partial charge on any atom is -0.479 e. The van der Waals surface area contributed by atoms with Gasteiger partial charge in [0.2, 0.25) is 0 Å². The first-order valence-corrected chi connectivity index (χ1v) is 4.18. The number of carbonyl (C=O) groups is 1. The fraction of sp³-hybridized carbons (Fsp3) is 0.300. The number of hydrogen-bond donors (Lipinski definition) is 1. The molecule has 0 amide bonds. The van der Waals surface area contributed by atoms with Crippen molar-refractivity contribution in [3.63, 3.8) is 0 Å². The van der Waals surface area contributed by atoms with Crippen molar-refractivity contribution in [2.45, 2.75) is 19.6 Å². The minimum atomic E-state index is -1.03. The Morgan fingerprint density at radius 2 is 2.36 bits per heavy atom. The Balaban J connectivity index is 2.49. The number of carboxylic acids is 1. The molecule has 1 aromatic rings. The Bertz CT molecular complexity index is 325. The van der Waals surface area contributed by atoms with Gasteiger partial charge in [0.25, 0.3) is 0 Å². The zero-order valence-electron chi connectivity index (χ0n) is 7.74. The van der Waals surface area contributed by atoms with E-state index < -0.39 is 12.1 Å². The van der Waals surface area contributed by atoms with E-state index >= 15 is 0 Å². The lowest BCUT2D eigenvalue weighted by Gasteiger charge is -2.07. The topological polar surface area (TPSA) is 46.5 Å². The molecule has 0 aliphatic rings. The number of hydrogen-bond acceptors (Lipinski definition) is 2. The molecule has 1 atom stereocenters. The second kappa shape index (κ2) is 4.72. The van der Waals surface area contributed by atoms with Gasteiger partial charge in [0, 0.05) is 0 Å². The quantitative estimate of drug-likeness (QED) is 0.802. The fourth-order valence-corrected chi connectivity index (χ4v) is 0.919. The van der Waals surface area contributed by atoms with Gasteiger partial charge in [-0.2, -0.15) is 0 Å². The molecule has 14 heavy (non-hydrogen) atoms.